The molecule has 4 heteroatoms. The second kappa shape index (κ2) is 2.19. The van der Waals surface area contributed by atoms with Crippen LogP contribution >= 0.6 is 0 Å². The molecule has 0 aliphatic rings. The van der Waals surface area contributed by atoms with Crippen molar-refractivity contribution in [1.82, 2.24) is 12.9 Å². The average molecular weight is 222 g/mol. The van der Waals surface area contributed by atoms with Crippen LogP contribution in [0.5, 0.6) is 0 Å². The van der Waals surface area contributed by atoms with E-state index in [9.17, 15) is 0 Å². The molecule has 0 fully saturated rings. The van der Waals surface area contributed by atoms with E-state index < -0.39 is 0 Å². The van der Waals surface area contributed by atoms with Crippen molar-refractivity contribution in [2.24, 2.45) is 0 Å². The molecule has 1 N–H and O–H groups in total. The predicted molar refractivity (Wildman–Crippen MR) is 48.3 cm³/mol. The zero-order chi connectivity index (χ0) is 7.97. The first-order valence-corrected chi connectivity index (χ1v) is 5.24. The molecule has 0 saturated carbocycles. The van der Waals surface area contributed by atoms with Gasteiger partial charge in [-0.05, 0) is 0 Å². The maximum absolute atomic E-state index is 4.34. The molecule has 12 heavy (non-hydrogen) atoms. The first kappa shape index (κ1) is 6.40. The summed E-state index contributed by atoms with van der Waals surface area (Å²) in [5.41, 5.74) is 3.24. The fourth-order valence-corrected chi connectivity index (χ4v) is 2.48. The number of H-pyrrole nitrogens is 1. The first-order chi connectivity index (χ1) is 5.93. The van der Waals surface area contributed by atoms with E-state index in [1.807, 2.05) is 18.3 Å². The molecule has 3 aromatic rings. The van der Waals surface area contributed by atoms with E-state index in [0.29, 0.717) is 0 Å². The molecule has 3 rings (SSSR count). The number of rotatable bonds is 0. The fourth-order valence-electron chi connectivity index (χ4n) is 1.32. The van der Waals surface area contributed by atoms with Crippen LogP contribution in [-0.2, 0) is 0 Å². The summed E-state index contributed by atoms with van der Waals surface area (Å²) in [6, 6.07) is 6.16. The maximum atomic E-state index is 4.34. The molecule has 0 aliphatic carbocycles. The van der Waals surface area contributed by atoms with Gasteiger partial charge in [0.05, 0.1) is 0 Å². The van der Waals surface area contributed by atoms with Crippen LogP contribution in [0.4, 0.5) is 0 Å². The molecule has 0 saturated heterocycles. The summed E-state index contributed by atoms with van der Waals surface area (Å²) >= 11 is 0.196. The molecule has 1 aromatic carbocycles. The van der Waals surface area contributed by atoms with Crippen LogP contribution in [0.1, 0.15) is 0 Å². The van der Waals surface area contributed by atoms with Crippen molar-refractivity contribution in [3.63, 3.8) is 0 Å². The van der Waals surface area contributed by atoms with Gasteiger partial charge in [-0.15, -0.1) is 0 Å². The van der Waals surface area contributed by atoms with Crippen LogP contribution in [0, 0.1) is 0 Å². The van der Waals surface area contributed by atoms with E-state index in [1.165, 1.54) is 5.39 Å². The van der Waals surface area contributed by atoms with Crippen molar-refractivity contribution in [3.8, 4) is 0 Å². The molecule has 3 nitrogen and oxygen atoms in total. The zero-order valence-corrected chi connectivity index (χ0v) is 7.83. The van der Waals surface area contributed by atoms with Gasteiger partial charge in [-0.2, -0.15) is 0 Å². The minimum absolute atomic E-state index is 0.196. The number of hydrogen-bond acceptors (Lipinski definition) is 2. The van der Waals surface area contributed by atoms with Gasteiger partial charge in [0.15, 0.2) is 0 Å². The van der Waals surface area contributed by atoms with E-state index in [-0.39, 0.29) is 15.0 Å². The standard InChI is InChI=1S/C8H5N3Se/c1-2-9-6-4-8-7(3-5(1)6)10-12-11-8/h1-4,10H. The molecular formula is C8H5N3Se. The van der Waals surface area contributed by atoms with Gasteiger partial charge in [0.1, 0.15) is 0 Å². The molecule has 0 amide bonds. The van der Waals surface area contributed by atoms with Crippen molar-refractivity contribution in [1.29, 1.82) is 0 Å². The van der Waals surface area contributed by atoms with E-state index in [2.05, 4.69) is 19.0 Å². The van der Waals surface area contributed by atoms with Crippen molar-refractivity contribution in [3.05, 3.63) is 24.4 Å². The molecule has 2 aromatic heterocycles. The Balaban J connectivity index is 2.62. The van der Waals surface area contributed by atoms with Crippen molar-refractivity contribution < 1.29 is 0 Å². The quantitative estimate of drug-likeness (QED) is 0.580. The summed E-state index contributed by atoms with van der Waals surface area (Å²) in [5, 5.41) is 1.19. The molecule has 0 aliphatic heterocycles. The van der Waals surface area contributed by atoms with E-state index in [0.717, 1.165) is 16.6 Å². The third-order valence-corrected chi connectivity index (χ3v) is 3.17. The first-order valence-electron chi connectivity index (χ1n) is 3.62. The Morgan fingerprint density at radius 3 is 3.25 bits per heavy atom. The summed E-state index contributed by atoms with van der Waals surface area (Å²) in [6.07, 6.45) is 1.82. The van der Waals surface area contributed by atoms with Crippen molar-refractivity contribution in [2.45, 2.75) is 0 Å². The van der Waals surface area contributed by atoms with Gasteiger partial charge < -0.3 is 0 Å². The van der Waals surface area contributed by atoms with Crippen molar-refractivity contribution >= 4 is 36.9 Å². The number of fused-ring (bicyclic) bond motifs is 2. The van der Waals surface area contributed by atoms with Crippen LogP contribution in [0.3, 0.4) is 0 Å². The number of aromatic amines is 1. The molecule has 0 radical (unpaired) electrons. The van der Waals surface area contributed by atoms with E-state index in [4.69, 9.17) is 0 Å². The second-order valence-electron chi connectivity index (χ2n) is 2.66. The Hall–Kier alpha value is -1.12. The Kier molecular flexibility index (Phi) is 1.17. The molecule has 0 spiro atoms. The van der Waals surface area contributed by atoms with Crippen LogP contribution in [0.2, 0.25) is 0 Å². The topological polar surface area (TPSA) is 41.6 Å². The monoisotopic (exact) mass is 223 g/mol. The average Bonchev–Trinajstić information content (AvgIpc) is 2.64. The number of nitrogens with one attached hydrogen (secondary N) is 1. The van der Waals surface area contributed by atoms with Gasteiger partial charge >= 0.3 is 74.2 Å². The summed E-state index contributed by atoms with van der Waals surface area (Å²) in [6.45, 7) is 0. The number of hydrogen-bond donors (Lipinski definition) is 1. The number of nitrogens with zero attached hydrogens (tertiary/aromatic N) is 2. The normalized spacial score (nSPS) is 11.3. The minimum atomic E-state index is 0.196. The summed E-state index contributed by atoms with van der Waals surface area (Å²) in [5.74, 6) is 0. The predicted octanol–water partition coefficient (Wildman–Crippen LogP) is 1.17. The third kappa shape index (κ3) is 0.763. The van der Waals surface area contributed by atoms with Crippen LogP contribution in [0.25, 0.3) is 21.9 Å². The molecule has 0 atom stereocenters. The Morgan fingerprint density at radius 1 is 1.25 bits per heavy atom. The molecule has 2 heterocycles. The van der Waals surface area contributed by atoms with Gasteiger partial charge in [0, 0.05) is 0 Å². The zero-order valence-electron chi connectivity index (χ0n) is 6.11. The van der Waals surface area contributed by atoms with Gasteiger partial charge in [-0.25, -0.2) is 0 Å². The molecule has 58 valence electrons. The Labute approximate surface area is 74.6 Å². The van der Waals surface area contributed by atoms with Crippen molar-refractivity contribution in [2.75, 3.05) is 0 Å². The molecular weight excluding hydrogens is 217 g/mol. The summed E-state index contributed by atoms with van der Waals surface area (Å²) in [7, 11) is 0. The summed E-state index contributed by atoms with van der Waals surface area (Å²) < 4.78 is 7.59. The molecule has 0 unspecified atom stereocenters. The summed E-state index contributed by atoms with van der Waals surface area (Å²) in [4.78, 5) is 4.22. The van der Waals surface area contributed by atoms with Crippen LogP contribution in [0.15, 0.2) is 24.4 Å². The number of benzene rings is 1. The third-order valence-electron chi connectivity index (χ3n) is 1.91. The SMILES string of the molecule is c1cc2cc3[nH][se]nc3cc2n1. The number of aromatic nitrogens is 3. The van der Waals surface area contributed by atoms with E-state index in [1.54, 1.807) is 0 Å². The Bertz CT molecular complexity index is 446. The molecule has 0 bridgehead atoms. The van der Waals surface area contributed by atoms with E-state index >= 15 is 0 Å². The van der Waals surface area contributed by atoms with Crippen LogP contribution in [-0.4, -0.2) is 27.9 Å². The fraction of sp³-hybridized carbons (Fsp3) is 0. The Morgan fingerprint density at radius 2 is 2.25 bits per heavy atom. The van der Waals surface area contributed by atoms with Gasteiger partial charge in [-0.3, -0.25) is 0 Å². The van der Waals surface area contributed by atoms with Crippen LogP contribution < -0.4 is 0 Å². The van der Waals surface area contributed by atoms with Gasteiger partial charge in [0.2, 0.25) is 0 Å². The second-order valence-corrected chi connectivity index (χ2v) is 3.85. The van der Waals surface area contributed by atoms with Gasteiger partial charge in [-0.1, -0.05) is 0 Å². The van der Waals surface area contributed by atoms with Gasteiger partial charge in [0.25, 0.3) is 0 Å².